The second-order valence-electron chi connectivity index (χ2n) is 15.6. The van der Waals surface area contributed by atoms with Crippen LogP contribution < -0.4 is 4.90 Å². The van der Waals surface area contributed by atoms with Gasteiger partial charge < -0.3 is 4.90 Å². The predicted molar refractivity (Wildman–Crippen MR) is 261 cm³/mol. The lowest BCUT2D eigenvalue weighted by molar-refractivity contribution is 1.28. The van der Waals surface area contributed by atoms with Crippen molar-refractivity contribution in [3.05, 3.63) is 249 Å². The monoisotopic (exact) mass is 775 g/mol. The number of para-hydroxylation sites is 1. The van der Waals surface area contributed by atoms with E-state index in [1.165, 1.54) is 60.1 Å². The van der Waals surface area contributed by atoms with Gasteiger partial charge in [0, 0.05) is 16.8 Å². The molecule has 0 saturated heterocycles. The van der Waals surface area contributed by atoms with Gasteiger partial charge in [0.1, 0.15) is 0 Å². The highest BCUT2D eigenvalue weighted by Gasteiger charge is 2.23. The maximum Gasteiger partial charge on any atom is 0.0546 e. The maximum atomic E-state index is 2.50. The Kier molecular flexibility index (Phi) is 9.26. The normalized spacial score (nSPS) is 11.3. The van der Waals surface area contributed by atoms with Gasteiger partial charge in [-0.1, -0.05) is 224 Å². The Morgan fingerprint density at radius 1 is 0.230 bits per heavy atom. The van der Waals surface area contributed by atoms with E-state index in [-0.39, 0.29) is 0 Å². The highest BCUT2D eigenvalue weighted by molar-refractivity contribution is 6.13. The van der Waals surface area contributed by atoms with Crippen LogP contribution in [0.25, 0.3) is 88.0 Å². The first-order valence-corrected chi connectivity index (χ1v) is 21.0. The molecule has 286 valence electrons. The Labute approximate surface area is 357 Å². The van der Waals surface area contributed by atoms with Gasteiger partial charge in [-0.2, -0.15) is 0 Å². The topological polar surface area (TPSA) is 3.24 Å². The minimum atomic E-state index is 1.08. The van der Waals surface area contributed by atoms with Crippen LogP contribution in [0.5, 0.6) is 0 Å². The van der Waals surface area contributed by atoms with Crippen molar-refractivity contribution in [2.45, 2.75) is 0 Å². The average Bonchev–Trinajstić information content (AvgIpc) is 3.34. The molecule has 0 N–H and O–H groups in total. The van der Waals surface area contributed by atoms with Gasteiger partial charge in [-0.15, -0.1) is 0 Å². The van der Waals surface area contributed by atoms with Gasteiger partial charge in [-0.05, 0) is 101 Å². The van der Waals surface area contributed by atoms with E-state index >= 15 is 0 Å². The zero-order valence-corrected chi connectivity index (χ0v) is 33.6. The molecule has 11 aromatic carbocycles. The molecule has 11 rings (SSSR count). The summed E-state index contributed by atoms with van der Waals surface area (Å²) in [6, 6.07) is 90.6. The van der Waals surface area contributed by atoms with Crippen LogP contribution in [0.3, 0.4) is 0 Å². The molecule has 0 atom stereocenters. The molecule has 0 heterocycles. The van der Waals surface area contributed by atoms with E-state index in [2.05, 4.69) is 254 Å². The van der Waals surface area contributed by atoms with Gasteiger partial charge in [-0.25, -0.2) is 0 Å². The molecule has 0 amide bonds. The van der Waals surface area contributed by atoms with Crippen molar-refractivity contribution in [3.8, 4) is 55.6 Å². The van der Waals surface area contributed by atoms with Crippen molar-refractivity contribution >= 4 is 49.4 Å². The van der Waals surface area contributed by atoms with E-state index in [0.29, 0.717) is 0 Å². The third kappa shape index (κ3) is 6.63. The van der Waals surface area contributed by atoms with Crippen molar-refractivity contribution in [1.29, 1.82) is 0 Å². The molecule has 1 heteroatoms. The van der Waals surface area contributed by atoms with Crippen molar-refractivity contribution < 1.29 is 0 Å². The molecule has 1 nitrogen and oxygen atoms in total. The van der Waals surface area contributed by atoms with E-state index in [1.807, 2.05) is 0 Å². The lowest BCUT2D eigenvalue weighted by Crippen LogP contribution is -2.13. The van der Waals surface area contributed by atoms with E-state index in [1.54, 1.807) is 0 Å². The van der Waals surface area contributed by atoms with Gasteiger partial charge in [0.05, 0.1) is 11.4 Å². The van der Waals surface area contributed by atoms with Crippen LogP contribution in [0.4, 0.5) is 17.1 Å². The third-order valence-corrected chi connectivity index (χ3v) is 12.1. The molecule has 61 heavy (non-hydrogen) atoms. The second-order valence-corrected chi connectivity index (χ2v) is 15.6. The summed E-state index contributed by atoms with van der Waals surface area (Å²) in [5.74, 6) is 0. The number of hydrogen-bond acceptors (Lipinski definition) is 1. The van der Waals surface area contributed by atoms with Crippen molar-refractivity contribution in [1.82, 2.24) is 0 Å². The molecule has 0 aromatic heterocycles. The summed E-state index contributed by atoms with van der Waals surface area (Å²) in [5, 5.41) is 7.47. The van der Waals surface area contributed by atoms with Crippen LogP contribution in [0.15, 0.2) is 249 Å². The summed E-state index contributed by atoms with van der Waals surface area (Å²) in [6.07, 6.45) is 0. The second kappa shape index (κ2) is 15.6. The van der Waals surface area contributed by atoms with E-state index in [4.69, 9.17) is 0 Å². The van der Waals surface area contributed by atoms with Crippen LogP contribution in [-0.4, -0.2) is 0 Å². The fourth-order valence-electron chi connectivity index (χ4n) is 9.22. The van der Waals surface area contributed by atoms with E-state index < -0.39 is 0 Å². The number of benzene rings is 11. The predicted octanol–water partition coefficient (Wildman–Crippen LogP) is 17.0. The molecular formula is C60H41N. The zero-order chi connectivity index (χ0) is 40.5. The van der Waals surface area contributed by atoms with Gasteiger partial charge in [0.15, 0.2) is 0 Å². The van der Waals surface area contributed by atoms with Crippen LogP contribution in [0.2, 0.25) is 0 Å². The summed E-state index contributed by atoms with van der Waals surface area (Å²) < 4.78 is 0. The molecule has 0 spiro atoms. The van der Waals surface area contributed by atoms with Crippen molar-refractivity contribution in [3.63, 3.8) is 0 Å². The lowest BCUT2D eigenvalue weighted by atomic mass is 9.90. The summed E-state index contributed by atoms with van der Waals surface area (Å²) in [5.41, 5.74) is 15.1. The van der Waals surface area contributed by atoms with Crippen molar-refractivity contribution in [2.75, 3.05) is 4.90 Å². The van der Waals surface area contributed by atoms with Crippen LogP contribution in [0, 0.1) is 0 Å². The number of rotatable bonds is 8. The SMILES string of the molecule is c1ccc(-c2ccc(-c3ccccc3)c(N(c3cccc(-c4cccc5c4ccc4ccccc45)c3)c3ccccc3-c3cccc4cccc(-c5ccccc5)c34)c2)cc1. The van der Waals surface area contributed by atoms with E-state index in [9.17, 15) is 0 Å². The standard InChI is InChI=1S/C60H41N/c1-4-18-42(19-5-1)47-37-38-52(43-20-6-2-7-21-43)59(41-47)61(49-28-14-27-48(40-49)51-31-17-33-54-50-29-11-10-24-45(50)36-39-55(51)54)58-35-13-12-30-56(58)57-34-16-26-46-25-15-32-53(60(46)57)44-22-8-3-9-23-44/h1-41H. The molecular weight excluding hydrogens is 735 g/mol. The lowest BCUT2D eigenvalue weighted by Gasteiger charge is -2.31. The number of hydrogen-bond donors (Lipinski definition) is 0. The Bertz CT molecular complexity index is 3350. The Morgan fingerprint density at radius 2 is 0.787 bits per heavy atom. The molecule has 0 aliphatic carbocycles. The minimum Gasteiger partial charge on any atom is -0.309 e. The summed E-state index contributed by atoms with van der Waals surface area (Å²) in [6.45, 7) is 0. The number of anilines is 3. The quantitative estimate of drug-likeness (QED) is 0.139. The molecule has 0 fully saturated rings. The van der Waals surface area contributed by atoms with Gasteiger partial charge >= 0.3 is 0 Å². The van der Waals surface area contributed by atoms with Crippen LogP contribution in [-0.2, 0) is 0 Å². The number of fused-ring (bicyclic) bond motifs is 4. The zero-order valence-electron chi connectivity index (χ0n) is 33.6. The number of nitrogens with zero attached hydrogens (tertiary/aromatic N) is 1. The summed E-state index contributed by atoms with van der Waals surface area (Å²) in [4.78, 5) is 2.50. The van der Waals surface area contributed by atoms with Crippen LogP contribution >= 0.6 is 0 Å². The molecule has 11 aromatic rings. The fourth-order valence-corrected chi connectivity index (χ4v) is 9.22. The molecule has 0 aliphatic heterocycles. The first-order chi connectivity index (χ1) is 30.3. The van der Waals surface area contributed by atoms with Gasteiger partial charge in [0.25, 0.3) is 0 Å². The Morgan fingerprint density at radius 3 is 1.57 bits per heavy atom. The molecule has 0 aliphatic rings. The van der Waals surface area contributed by atoms with Crippen molar-refractivity contribution in [2.24, 2.45) is 0 Å². The molecule has 0 saturated carbocycles. The highest BCUT2D eigenvalue weighted by atomic mass is 15.1. The molecule has 0 radical (unpaired) electrons. The first kappa shape index (κ1) is 36.1. The Balaban J connectivity index is 1.20. The molecule has 0 bridgehead atoms. The summed E-state index contributed by atoms with van der Waals surface area (Å²) >= 11 is 0. The highest BCUT2D eigenvalue weighted by Crippen LogP contribution is 2.49. The smallest absolute Gasteiger partial charge is 0.0546 e. The summed E-state index contributed by atoms with van der Waals surface area (Å²) in [7, 11) is 0. The third-order valence-electron chi connectivity index (χ3n) is 12.1. The average molecular weight is 776 g/mol. The largest absolute Gasteiger partial charge is 0.309 e. The van der Waals surface area contributed by atoms with Gasteiger partial charge in [0.2, 0.25) is 0 Å². The minimum absolute atomic E-state index is 1.08. The van der Waals surface area contributed by atoms with E-state index in [0.717, 1.165) is 44.9 Å². The van der Waals surface area contributed by atoms with Gasteiger partial charge in [-0.3, -0.25) is 0 Å². The fraction of sp³-hybridized carbons (Fsp3) is 0. The first-order valence-electron chi connectivity index (χ1n) is 21.0. The maximum absolute atomic E-state index is 2.50. The van der Waals surface area contributed by atoms with Crippen LogP contribution in [0.1, 0.15) is 0 Å². The Hall–Kier alpha value is -8.00. The molecule has 0 unspecified atom stereocenters.